The van der Waals surface area contributed by atoms with Gasteiger partial charge >= 0.3 is 0 Å². The van der Waals surface area contributed by atoms with Gasteiger partial charge in [0.05, 0.1) is 33.1 Å². The molecule has 0 saturated carbocycles. The lowest BCUT2D eigenvalue weighted by molar-refractivity contribution is 1.18. The van der Waals surface area contributed by atoms with Crippen molar-refractivity contribution in [2.45, 2.75) is 0 Å². The van der Waals surface area contributed by atoms with E-state index in [9.17, 15) is 0 Å². The van der Waals surface area contributed by atoms with Crippen LogP contribution in [0.5, 0.6) is 0 Å². The number of aromatic nitrogens is 3. The molecule has 0 N–H and O–H groups in total. The molecule has 0 aliphatic heterocycles. The second kappa shape index (κ2) is 24.4. The smallest absolute Gasteiger partial charge is 0.0541 e. The number of nitrogens with zero attached hydrogens (tertiary/aromatic N) is 4. The Labute approximate surface area is 580 Å². The maximum atomic E-state index is 2.44. The molecule has 0 bridgehead atoms. The van der Waals surface area contributed by atoms with Crippen LogP contribution in [0.25, 0.3) is 160 Å². The van der Waals surface area contributed by atoms with Gasteiger partial charge < -0.3 is 18.6 Å². The zero-order valence-corrected chi connectivity index (χ0v) is 54.7. The largest absolute Gasteiger partial charge is 0.311 e. The molecule has 100 heavy (non-hydrogen) atoms. The summed E-state index contributed by atoms with van der Waals surface area (Å²) in [5.74, 6) is 0. The van der Waals surface area contributed by atoms with Crippen molar-refractivity contribution in [3.63, 3.8) is 0 Å². The topological polar surface area (TPSA) is 18.0 Å². The number of benzene rings is 16. The number of hydrogen-bond donors (Lipinski definition) is 0. The lowest BCUT2D eigenvalue weighted by Gasteiger charge is -2.26. The van der Waals surface area contributed by atoms with Gasteiger partial charge in [0.25, 0.3) is 0 Å². The summed E-state index contributed by atoms with van der Waals surface area (Å²) in [4.78, 5) is 2.36. The number of hydrogen-bond acceptors (Lipinski definition) is 1. The Bertz CT molecular complexity index is 5780. The number of fused-ring (bicyclic) bond motifs is 9. The molecule has 0 atom stereocenters. The summed E-state index contributed by atoms with van der Waals surface area (Å²) in [7, 11) is 0. The molecule has 19 rings (SSSR count). The fraction of sp³-hybridized carbons (Fsp3) is 0. The van der Waals surface area contributed by atoms with Gasteiger partial charge in [-0.3, -0.25) is 0 Å². The first-order valence-electron chi connectivity index (χ1n) is 34.4. The molecule has 0 aliphatic rings. The van der Waals surface area contributed by atoms with Crippen molar-refractivity contribution < 1.29 is 0 Å². The van der Waals surface area contributed by atoms with Gasteiger partial charge in [0.15, 0.2) is 0 Å². The summed E-state index contributed by atoms with van der Waals surface area (Å²) < 4.78 is 7.21. The van der Waals surface area contributed by atoms with E-state index in [1.807, 2.05) is 0 Å². The van der Waals surface area contributed by atoms with Crippen LogP contribution >= 0.6 is 0 Å². The summed E-state index contributed by atoms with van der Waals surface area (Å²) in [5.41, 5.74) is 30.2. The molecule has 3 aromatic heterocycles. The van der Waals surface area contributed by atoms with Gasteiger partial charge in [-0.15, -0.1) is 0 Å². The quantitative estimate of drug-likeness (QED) is 0.113. The SMILES string of the molecule is c1ccc(-c2ccc(-c3ccc(N(c4ccc(-c5ccc(-c6ccccc6)cc5)cc4)c4ccc(-c5ccc(-n6c7ccc(-c8ccc(-n9c%10ccccc%10c%10ccccc%109)cc8)cc7c7cc(-c8ccc(-n9c%10ccccc%10c%10ccccc%109)cc8)ccc76)cc5)cc4)cc3)cc2)cc1. The van der Waals surface area contributed by atoms with Crippen molar-refractivity contribution in [3.05, 3.63) is 388 Å². The van der Waals surface area contributed by atoms with Gasteiger partial charge in [0.1, 0.15) is 0 Å². The second-order valence-corrected chi connectivity index (χ2v) is 26.0. The Kier molecular flexibility index (Phi) is 14.2. The molecule has 4 nitrogen and oxygen atoms in total. The Morgan fingerprint density at radius 3 is 0.600 bits per heavy atom. The highest BCUT2D eigenvalue weighted by molar-refractivity contribution is 6.13. The van der Waals surface area contributed by atoms with E-state index in [-0.39, 0.29) is 0 Å². The minimum Gasteiger partial charge on any atom is -0.311 e. The van der Waals surface area contributed by atoms with Crippen molar-refractivity contribution in [1.29, 1.82) is 0 Å². The molecule has 0 aliphatic carbocycles. The van der Waals surface area contributed by atoms with Crippen LogP contribution in [-0.4, -0.2) is 13.7 Å². The zero-order valence-electron chi connectivity index (χ0n) is 54.7. The monoisotopic (exact) mass is 1270 g/mol. The average molecular weight is 1270 g/mol. The first-order valence-corrected chi connectivity index (χ1v) is 34.4. The fourth-order valence-electron chi connectivity index (χ4n) is 15.3. The lowest BCUT2D eigenvalue weighted by atomic mass is 9.99. The van der Waals surface area contributed by atoms with Gasteiger partial charge in [-0.1, -0.05) is 267 Å². The van der Waals surface area contributed by atoms with Crippen LogP contribution in [0.4, 0.5) is 17.1 Å². The van der Waals surface area contributed by atoms with Crippen molar-refractivity contribution >= 4 is 82.5 Å². The zero-order chi connectivity index (χ0) is 66.0. The van der Waals surface area contributed by atoms with Crippen LogP contribution in [-0.2, 0) is 0 Å². The van der Waals surface area contributed by atoms with Crippen LogP contribution < -0.4 is 4.90 Å². The first-order chi connectivity index (χ1) is 49.6. The highest BCUT2D eigenvalue weighted by Crippen LogP contribution is 2.43. The second-order valence-electron chi connectivity index (χ2n) is 26.0. The lowest BCUT2D eigenvalue weighted by Crippen LogP contribution is -2.09. The summed E-state index contributed by atoms with van der Waals surface area (Å²) in [6.45, 7) is 0. The molecular formula is C96H64N4. The van der Waals surface area contributed by atoms with E-state index >= 15 is 0 Å². The maximum Gasteiger partial charge on any atom is 0.0541 e. The molecule has 3 heterocycles. The van der Waals surface area contributed by atoms with E-state index in [0.717, 1.165) is 56.3 Å². The molecule has 16 aromatic carbocycles. The van der Waals surface area contributed by atoms with E-state index in [4.69, 9.17) is 0 Å². The molecule has 19 aromatic rings. The highest BCUT2D eigenvalue weighted by Gasteiger charge is 2.20. The van der Waals surface area contributed by atoms with E-state index in [0.29, 0.717) is 0 Å². The summed E-state index contributed by atoms with van der Waals surface area (Å²) in [6, 6.07) is 142. The maximum absolute atomic E-state index is 2.44. The molecule has 0 unspecified atom stereocenters. The van der Waals surface area contributed by atoms with Crippen molar-refractivity contribution in [2.24, 2.45) is 0 Å². The summed E-state index contributed by atoms with van der Waals surface area (Å²) >= 11 is 0. The van der Waals surface area contributed by atoms with Crippen molar-refractivity contribution in [1.82, 2.24) is 13.7 Å². The third-order valence-corrected chi connectivity index (χ3v) is 20.3. The minimum absolute atomic E-state index is 1.07. The summed E-state index contributed by atoms with van der Waals surface area (Å²) in [6.07, 6.45) is 0. The van der Waals surface area contributed by atoms with Crippen molar-refractivity contribution in [2.75, 3.05) is 4.90 Å². The van der Waals surface area contributed by atoms with Gasteiger partial charge in [-0.05, 0) is 199 Å². The molecule has 0 radical (unpaired) electrons. The first kappa shape index (κ1) is 58.1. The Morgan fingerprint density at radius 1 is 0.140 bits per heavy atom. The van der Waals surface area contributed by atoms with Crippen molar-refractivity contribution in [3.8, 4) is 95.0 Å². The van der Waals surface area contributed by atoms with Gasteiger partial charge in [0, 0.05) is 66.4 Å². The van der Waals surface area contributed by atoms with Crippen LogP contribution in [0.15, 0.2) is 388 Å². The summed E-state index contributed by atoms with van der Waals surface area (Å²) in [5, 5.41) is 7.44. The van der Waals surface area contributed by atoms with E-state index in [1.54, 1.807) is 0 Å². The highest BCUT2D eigenvalue weighted by atomic mass is 15.1. The third-order valence-electron chi connectivity index (χ3n) is 20.3. The fourth-order valence-corrected chi connectivity index (χ4v) is 15.3. The number of para-hydroxylation sites is 4. The number of rotatable bonds is 13. The normalized spacial score (nSPS) is 11.6. The van der Waals surface area contributed by atoms with Gasteiger partial charge in [-0.2, -0.15) is 0 Å². The van der Waals surface area contributed by atoms with Gasteiger partial charge in [-0.25, -0.2) is 0 Å². The molecule has 468 valence electrons. The Balaban J connectivity index is 0.661. The molecular weight excluding hydrogens is 1210 g/mol. The third kappa shape index (κ3) is 10.2. The van der Waals surface area contributed by atoms with Crippen LogP contribution in [0.3, 0.4) is 0 Å². The molecule has 0 fully saturated rings. The predicted octanol–water partition coefficient (Wildman–Crippen LogP) is 26.1. The predicted molar refractivity (Wildman–Crippen MR) is 422 cm³/mol. The van der Waals surface area contributed by atoms with Crippen LogP contribution in [0, 0.1) is 0 Å². The molecule has 0 saturated heterocycles. The standard InChI is InChI=1S/C96H64N4/c1-3-15-65(16-4-1)67-27-31-69(32-28-67)71-35-49-79(50-36-71)97(80-51-37-72(38-52-80)70-33-29-68(30-34-70)66-17-5-2-6-18-66)81-53-39-73(40-54-81)74-41-55-84(56-42-74)100-95-61-47-77(75-43-57-82(58-44-75)98-91-23-11-7-19-85(91)86-20-8-12-24-92(86)98)63-89(95)90-64-78(48-62-96(90)100)76-45-59-83(60-46-76)99-93-25-13-9-21-87(93)88-22-10-14-26-94(88)99/h1-64H. The number of anilines is 3. The van der Waals surface area contributed by atoms with Crippen LogP contribution in [0.2, 0.25) is 0 Å². The Morgan fingerprint density at radius 2 is 0.330 bits per heavy atom. The average Bonchev–Trinajstić information content (AvgIpc) is 1.61. The minimum atomic E-state index is 1.07. The molecule has 4 heteroatoms. The molecule has 0 spiro atoms. The van der Waals surface area contributed by atoms with E-state index in [2.05, 4.69) is 407 Å². The van der Waals surface area contributed by atoms with Crippen LogP contribution in [0.1, 0.15) is 0 Å². The van der Waals surface area contributed by atoms with Gasteiger partial charge in [0.2, 0.25) is 0 Å². The van der Waals surface area contributed by atoms with E-state index in [1.165, 1.54) is 121 Å². The van der Waals surface area contributed by atoms with E-state index < -0.39 is 0 Å². The molecule has 0 amide bonds. The Hall–Kier alpha value is -13.3.